The quantitative estimate of drug-likeness (QED) is 0.463. The van der Waals surface area contributed by atoms with E-state index in [1.165, 1.54) is 0 Å². The summed E-state index contributed by atoms with van der Waals surface area (Å²) in [7, 11) is 0. The van der Waals surface area contributed by atoms with Crippen molar-refractivity contribution in [3.05, 3.63) is 88.9 Å². The van der Waals surface area contributed by atoms with Gasteiger partial charge in [0, 0.05) is 10.9 Å². The molecule has 0 amide bonds. The fourth-order valence-corrected chi connectivity index (χ4v) is 3.57. The van der Waals surface area contributed by atoms with Gasteiger partial charge in [0.15, 0.2) is 0 Å². The van der Waals surface area contributed by atoms with Crippen molar-refractivity contribution in [3.63, 3.8) is 0 Å². The molecule has 1 N–H and O–H groups in total. The number of fused-ring (bicyclic) bond motifs is 1. The smallest absolute Gasteiger partial charge is 0.336 e. The molecule has 1 heterocycles. The van der Waals surface area contributed by atoms with Crippen LogP contribution in [-0.4, -0.2) is 16.1 Å². The van der Waals surface area contributed by atoms with Crippen molar-refractivity contribution >= 4 is 28.5 Å². The molecule has 3 nitrogen and oxygen atoms in total. The Hall–Kier alpha value is -3.17. The lowest BCUT2D eigenvalue weighted by molar-refractivity contribution is 0.0698. The number of pyridine rings is 1. The summed E-state index contributed by atoms with van der Waals surface area (Å²) >= 11 is 6.30. The number of hydrogen-bond donors (Lipinski definition) is 1. The second kappa shape index (κ2) is 6.86. The predicted molar refractivity (Wildman–Crippen MR) is 109 cm³/mol. The number of carboxylic acid groups (broad SMARTS) is 1. The number of hydrogen-bond acceptors (Lipinski definition) is 2. The van der Waals surface area contributed by atoms with Gasteiger partial charge in [-0.2, -0.15) is 0 Å². The summed E-state index contributed by atoms with van der Waals surface area (Å²) in [6.07, 6.45) is 0. The largest absolute Gasteiger partial charge is 0.478 e. The molecule has 1 aromatic heterocycles. The van der Waals surface area contributed by atoms with Gasteiger partial charge in [0.25, 0.3) is 0 Å². The van der Waals surface area contributed by atoms with Crippen LogP contribution in [0.3, 0.4) is 0 Å². The van der Waals surface area contributed by atoms with Crippen LogP contribution in [0.1, 0.15) is 15.9 Å². The third-order valence-corrected chi connectivity index (χ3v) is 4.99. The number of carboxylic acids is 1. The van der Waals surface area contributed by atoms with Gasteiger partial charge >= 0.3 is 5.97 Å². The molecule has 4 aromatic rings. The Morgan fingerprint density at radius 3 is 2.15 bits per heavy atom. The second-order valence-electron chi connectivity index (χ2n) is 6.34. The summed E-state index contributed by atoms with van der Waals surface area (Å²) in [6.45, 7) is 1.79. The zero-order chi connectivity index (χ0) is 19.0. The first-order chi connectivity index (χ1) is 13.1. The minimum atomic E-state index is -0.982. The Morgan fingerprint density at radius 2 is 1.48 bits per heavy atom. The standard InChI is InChI=1S/C23H16ClNO2/c1-14-20(23(26)27)18-8-5-9-19(24)22(18)25-21(14)17-12-10-16(11-13-17)15-6-3-2-4-7-15/h2-13H,1H3,(H,26,27). The van der Waals surface area contributed by atoms with Gasteiger partial charge in [-0.05, 0) is 29.7 Å². The molecule has 4 heteroatoms. The van der Waals surface area contributed by atoms with Gasteiger partial charge in [0.2, 0.25) is 0 Å². The van der Waals surface area contributed by atoms with E-state index in [1.807, 2.05) is 42.5 Å². The van der Waals surface area contributed by atoms with E-state index in [0.29, 0.717) is 27.2 Å². The van der Waals surface area contributed by atoms with Crippen molar-refractivity contribution in [2.75, 3.05) is 0 Å². The highest BCUT2D eigenvalue weighted by Gasteiger charge is 2.19. The minimum absolute atomic E-state index is 0.240. The van der Waals surface area contributed by atoms with Crippen molar-refractivity contribution < 1.29 is 9.90 Å². The molecular formula is C23H16ClNO2. The lowest BCUT2D eigenvalue weighted by Crippen LogP contribution is -2.05. The number of aromatic carboxylic acids is 1. The highest BCUT2D eigenvalue weighted by atomic mass is 35.5. The molecule has 27 heavy (non-hydrogen) atoms. The minimum Gasteiger partial charge on any atom is -0.478 e. The monoisotopic (exact) mass is 373 g/mol. The average molecular weight is 374 g/mol. The van der Waals surface area contributed by atoms with Crippen LogP contribution in [-0.2, 0) is 0 Å². The molecule has 0 aliphatic carbocycles. The normalized spacial score (nSPS) is 10.9. The number of aromatic nitrogens is 1. The molecule has 0 saturated heterocycles. The number of nitrogens with zero attached hydrogens (tertiary/aromatic N) is 1. The molecule has 0 spiro atoms. The third-order valence-electron chi connectivity index (χ3n) is 4.69. The fourth-order valence-electron chi connectivity index (χ4n) is 3.35. The molecule has 0 saturated carbocycles. The summed E-state index contributed by atoms with van der Waals surface area (Å²) in [4.78, 5) is 16.6. The molecule has 0 radical (unpaired) electrons. The van der Waals surface area contributed by atoms with Crippen LogP contribution >= 0.6 is 11.6 Å². The first kappa shape index (κ1) is 17.3. The number of carbonyl (C=O) groups is 1. The summed E-state index contributed by atoms with van der Waals surface area (Å²) in [5.41, 5.74) is 5.08. The van der Waals surface area contributed by atoms with Crippen molar-refractivity contribution in [2.24, 2.45) is 0 Å². The van der Waals surface area contributed by atoms with E-state index in [0.717, 1.165) is 16.7 Å². The average Bonchev–Trinajstić information content (AvgIpc) is 2.68. The Balaban J connectivity index is 1.90. The number of rotatable bonds is 3. The van der Waals surface area contributed by atoms with Crippen molar-refractivity contribution in [3.8, 4) is 22.4 Å². The lowest BCUT2D eigenvalue weighted by atomic mass is 9.96. The number of halogens is 1. The highest BCUT2D eigenvalue weighted by Crippen LogP contribution is 2.33. The third kappa shape index (κ3) is 3.07. The molecule has 0 unspecified atom stereocenters. The Labute approximate surface area is 161 Å². The molecule has 0 aliphatic heterocycles. The SMILES string of the molecule is Cc1c(-c2ccc(-c3ccccc3)cc2)nc2c(Cl)cccc2c1C(=O)O. The van der Waals surface area contributed by atoms with Gasteiger partial charge in [0.05, 0.1) is 21.8 Å². The van der Waals surface area contributed by atoms with Gasteiger partial charge < -0.3 is 5.11 Å². The van der Waals surface area contributed by atoms with E-state index in [2.05, 4.69) is 12.1 Å². The van der Waals surface area contributed by atoms with E-state index in [4.69, 9.17) is 16.6 Å². The van der Waals surface area contributed by atoms with E-state index in [1.54, 1.807) is 25.1 Å². The van der Waals surface area contributed by atoms with Crippen LogP contribution in [0.2, 0.25) is 5.02 Å². The van der Waals surface area contributed by atoms with Crippen LogP contribution in [0.25, 0.3) is 33.3 Å². The van der Waals surface area contributed by atoms with Crippen LogP contribution in [0.5, 0.6) is 0 Å². The Morgan fingerprint density at radius 1 is 0.852 bits per heavy atom. The zero-order valence-electron chi connectivity index (χ0n) is 14.6. The Bertz CT molecular complexity index is 1150. The summed E-state index contributed by atoms with van der Waals surface area (Å²) < 4.78 is 0. The molecule has 3 aromatic carbocycles. The van der Waals surface area contributed by atoms with Crippen LogP contribution in [0.4, 0.5) is 0 Å². The first-order valence-corrected chi connectivity index (χ1v) is 8.92. The van der Waals surface area contributed by atoms with Gasteiger partial charge in [-0.3, -0.25) is 0 Å². The second-order valence-corrected chi connectivity index (χ2v) is 6.75. The maximum atomic E-state index is 11.9. The molecule has 0 atom stereocenters. The predicted octanol–water partition coefficient (Wildman–Crippen LogP) is 6.23. The van der Waals surface area contributed by atoms with Crippen LogP contribution in [0.15, 0.2) is 72.8 Å². The molecule has 0 bridgehead atoms. The molecule has 132 valence electrons. The van der Waals surface area contributed by atoms with Crippen molar-refractivity contribution in [1.29, 1.82) is 0 Å². The zero-order valence-corrected chi connectivity index (χ0v) is 15.4. The summed E-state index contributed by atoms with van der Waals surface area (Å²) in [5, 5.41) is 10.7. The maximum absolute atomic E-state index is 11.9. The molecule has 0 fully saturated rings. The molecule has 4 rings (SSSR count). The summed E-state index contributed by atoms with van der Waals surface area (Å²) in [6, 6.07) is 23.3. The lowest BCUT2D eigenvalue weighted by Gasteiger charge is -2.13. The first-order valence-electron chi connectivity index (χ1n) is 8.54. The van der Waals surface area contributed by atoms with E-state index in [-0.39, 0.29) is 5.56 Å². The van der Waals surface area contributed by atoms with E-state index >= 15 is 0 Å². The fraction of sp³-hybridized carbons (Fsp3) is 0.0435. The van der Waals surface area contributed by atoms with E-state index in [9.17, 15) is 9.90 Å². The highest BCUT2D eigenvalue weighted by molar-refractivity contribution is 6.35. The number of benzene rings is 3. The van der Waals surface area contributed by atoms with Gasteiger partial charge in [-0.25, -0.2) is 9.78 Å². The molecule has 0 aliphatic rings. The van der Waals surface area contributed by atoms with Gasteiger partial charge in [0.1, 0.15) is 0 Å². The van der Waals surface area contributed by atoms with Crippen molar-refractivity contribution in [1.82, 2.24) is 4.98 Å². The molecular weight excluding hydrogens is 358 g/mol. The van der Waals surface area contributed by atoms with Crippen LogP contribution < -0.4 is 0 Å². The van der Waals surface area contributed by atoms with Gasteiger partial charge in [-0.1, -0.05) is 78.3 Å². The van der Waals surface area contributed by atoms with Crippen LogP contribution in [0, 0.1) is 6.92 Å². The van der Waals surface area contributed by atoms with Gasteiger partial charge in [-0.15, -0.1) is 0 Å². The van der Waals surface area contributed by atoms with Crippen molar-refractivity contribution in [2.45, 2.75) is 6.92 Å². The topological polar surface area (TPSA) is 50.2 Å². The summed E-state index contributed by atoms with van der Waals surface area (Å²) in [5.74, 6) is -0.982. The maximum Gasteiger partial charge on any atom is 0.336 e. The Kier molecular flexibility index (Phi) is 4.38. The number of para-hydroxylation sites is 1. The van der Waals surface area contributed by atoms with E-state index < -0.39 is 5.97 Å².